The minimum absolute atomic E-state index is 0.186. The third-order valence-corrected chi connectivity index (χ3v) is 3.69. The maximum absolute atomic E-state index is 12.3. The van der Waals surface area contributed by atoms with Crippen LogP contribution in [0.2, 0.25) is 0 Å². The maximum atomic E-state index is 12.3. The fourth-order valence-corrected chi connectivity index (χ4v) is 2.55. The molecule has 1 heterocycles. The van der Waals surface area contributed by atoms with Gasteiger partial charge in [-0.1, -0.05) is 12.1 Å². The maximum Gasteiger partial charge on any atom is 0.227 e. The lowest BCUT2D eigenvalue weighted by molar-refractivity contribution is -0.132. The fourth-order valence-electron chi connectivity index (χ4n) is 2.55. The zero-order chi connectivity index (χ0) is 13.7. The first-order valence-corrected chi connectivity index (χ1v) is 6.83. The molecule has 1 aromatic rings. The van der Waals surface area contributed by atoms with Crippen molar-refractivity contribution in [2.75, 3.05) is 26.7 Å². The molecule has 1 aliphatic heterocycles. The molecule has 2 rings (SSSR count). The van der Waals surface area contributed by atoms with E-state index >= 15 is 0 Å². The monoisotopic (exact) mass is 262 g/mol. The van der Waals surface area contributed by atoms with E-state index < -0.39 is 0 Å². The van der Waals surface area contributed by atoms with Crippen molar-refractivity contribution in [2.45, 2.75) is 19.3 Å². The number of nitrogens with two attached hydrogens (primary N) is 1. The molecular weight excluding hydrogens is 240 g/mol. The molecule has 104 valence electrons. The number of carbonyl (C=O) groups excluding carboxylic acids is 1. The van der Waals surface area contributed by atoms with Gasteiger partial charge in [-0.3, -0.25) is 4.79 Å². The SMILES string of the molecule is COc1cccc(CC(=O)N2CCC[C@@H](CN)C2)c1. The summed E-state index contributed by atoms with van der Waals surface area (Å²) in [7, 11) is 1.64. The lowest BCUT2D eigenvalue weighted by atomic mass is 9.97. The van der Waals surface area contributed by atoms with Crippen molar-refractivity contribution in [1.82, 2.24) is 4.90 Å². The molecule has 1 saturated heterocycles. The van der Waals surface area contributed by atoms with Crippen LogP contribution in [0.25, 0.3) is 0 Å². The Morgan fingerprint density at radius 2 is 2.37 bits per heavy atom. The number of amides is 1. The van der Waals surface area contributed by atoms with Crippen LogP contribution in [0.1, 0.15) is 18.4 Å². The normalized spacial score (nSPS) is 19.3. The van der Waals surface area contributed by atoms with Gasteiger partial charge >= 0.3 is 0 Å². The summed E-state index contributed by atoms with van der Waals surface area (Å²) in [5, 5.41) is 0. The standard InChI is InChI=1S/C15H22N2O2/c1-19-14-6-2-4-12(8-14)9-15(18)17-7-3-5-13(10-16)11-17/h2,4,6,8,13H,3,5,7,9-11,16H2,1H3/t13-/m0/s1. The molecule has 1 amide bonds. The Morgan fingerprint density at radius 1 is 1.53 bits per heavy atom. The second-order valence-electron chi connectivity index (χ2n) is 5.11. The summed E-state index contributed by atoms with van der Waals surface area (Å²) in [6, 6.07) is 7.69. The predicted molar refractivity (Wildman–Crippen MR) is 75.1 cm³/mol. The first-order chi connectivity index (χ1) is 9.22. The van der Waals surface area contributed by atoms with Gasteiger partial charge in [-0.2, -0.15) is 0 Å². The average molecular weight is 262 g/mol. The highest BCUT2D eigenvalue weighted by Gasteiger charge is 2.22. The Morgan fingerprint density at radius 3 is 3.11 bits per heavy atom. The molecule has 0 spiro atoms. The van der Waals surface area contributed by atoms with Crippen LogP contribution in [-0.4, -0.2) is 37.6 Å². The number of likely N-dealkylation sites (tertiary alicyclic amines) is 1. The Hall–Kier alpha value is -1.55. The van der Waals surface area contributed by atoms with Gasteiger partial charge in [0.1, 0.15) is 5.75 Å². The van der Waals surface area contributed by atoms with Crippen molar-refractivity contribution in [3.05, 3.63) is 29.8 Å². The van der Waals surface area contributed by atoms with Gasteiger partial charge in [0.25, 0.3) is 0 Å². The molecule has 1 aliphatic rings. The third kappa shape index (κ3) is 3.70. The molecule has 0 bridgehead atoms. The number of benzene rings is 1. The molecule has 19 heavy (non-hydrogen) atoms. The summed E-state index contributed by atoms with van der Waals surface area (Å²) >= 11 is 0. The van der Waals surface area contributed by atoms with E-state index in [2.05, 4.69) is 0 Å². The van der Waals surface area contributed by atoms with Gasteiger partial charge < -0.3 is 15.4 Å². The van der Waals surface area contributed by atoms with Crippen molar-refractivity contribution in [3.63, 3.8) is 0 Å². The lowest BCUT2D eigenvalue weighted by Crippen LogP contribution is -2.42. The zero-order valence-electron chi connectivity index (χ0n) is 11.5. The summed E-state index contributed by atoms with van der Waals surface area (Å²) in [6.07, 6.45) is 2.64. The van der Waals surface area contributed by atoms with Crippen LogP contribution < -0.4 is 10.5 Å². The topological polar surface area (TPSA) is 55.6 Å². The second kappa shape index (κ2) is 6.57. The molecule has 4 heteroatoms. The molecule has 0 unspecified atom stereocenters. The van der Waals surface area contributed by atoms with Gasteiger partial charge in [0.05, 0.1) is 13.5 Å². The molecule has 2 N–H and O–H groups in total. The van der Waals surface area contributed by atoms with E-state index in [9.17, 15) is 4.79 Å². The van der Waals surface area contributed by atoms with Crippen LogP contribution in [0.15, 0.2) is 24.3 Å². The van der Waals surface area contributed by atoms with Crippen LogP contribution in [0.5, 0.6) is 5.75 Å². The molecule has 0 saturated carbocycles. The van der Waals surface area contributed by atoms with Crippen molar-refractivity contribution in [1.29, 1.82) is 0 Å². The zero-order valence-corrected chi connectivity index (χ0v) is 11.5. The van der Waals surface area contributed by atoms with Gasteiger partial charge in [0.15, 0.2) is 0 Å². The summed E-state index contributed by atoms with van der Waals surface area (Å²) in [5.41, 5.74) is 6.70. The molecule has 1 atom stereocenters. The van der Waals surface area contributed by atoms with E-state index in [0.717, 1.165) is 37.2 Å². The summed E-state index contributed by atoms with van der Waals surface area (Å²) < 4.78 is 5.17. The molecule has 1 aromatic carbocycles. The Kier molecular flexibility index (Phi) is 4.80. The van der Waals surface area contributed by atoms with Crippen molar-refractivity contribution in [2.24, 2.45) is 11.7 Å². The molecule has 0 aromatic heterocycles. The largest absolute Gasteiger partial charge is 0.497 e. The Balaban J connectivity index is 1.96. The van der Waals surface area contributed by atoms with Crippen LogP contribution >= 0.6 is 0 Å². The van der Waals surface area contributed by atoms with E-state index in [1.807, 2.05) is 29.2 Å². The number of carbonyl (C=O) groups is 1. The smallest absolute Gasteiger partial charge is 0.227 e. The Bertz CT molecular complexity index is 434. The van der Waals surface area contributed by atoms with Crippen molar-refractivity contribution in [3.8, 4) is 5.75 Å². The highest BCUT2D eigenvalue weighted by Crippen LogP contribution is 2.18. The lowest BCUT2D eigenvalue weighted by Gasteiger charge is -2.32. The first kappa shape index (κ1) is 13.9. The summed E-state index contributed by atoms with van der Waals surface area (Å²) in [6.45, 7) is 2.33. The second-order valence-corrected chi connectivity index (χ2v) is 5.11. The average Bonchev–Trinajstić information content (AvgIpc) is 2.47. The van der Waals surface area contributed by atoms with E-state index in [0.29, 0.717) is 18.9 Å². The van der Waals surface area contributed by atoms with Crippen LogP contribution in [0.4, 0.5) is 0 Å². The predicted octanol–water partition coefficient (Wildman–Crippen LogP) is 1.43. The highest BCUT2D eigenvalue weighted by molar-refractivity contribution is 5.79. The Labute approximate surface area is 114 Å². The van der Waals surface area contributed by atoms with Crippen LogP contribution in [0, 0.1) is 5.92 Å². The van der Waals surface area contributed by atoms with Crippen molar-refractivity contribution < 1.29 is 9.53 Å². The number of hydrogen-bond donors (Lipinski definition) is 1. The third-order valence-electron chi connectivity index (χ3n) is 3.69. The van der Waals surface area contributed by atoms with E-state index in [4.69, 9.17) is 10.5 Å². The van der Waals surface area contributed by atoms with Gasteiger partial charge in [0.2, 0.25) is 5.91 Å². The van der Waals surface area contributed by atoms with Crippen LogP contribution in [0.3, 0.4) is 0 Å². The number of hydrogen-bond acceptors (Lipinski definition) is 3. The molecule has 4 nitrogen and oxygen atoms in total. The van der Waals surface area contributed by atoms with Crippen LogP contribution in [-0.2, 0) is 11.2 Å². The quantitative estimate of drug-likeness (QED) is 0.893. The van der Waals surface area contributed by atoms with Gasteiger partial charge in [-0.15, -0.1) is 0 Å². The summed E-state index contributed by atoms with van der Waals surface area (Å²) in [5.74, 6) is 1.44. The summed E-state index contributed by atoms with van der Waals surface area (Å²) in [4.78, 5) is 14.2. The fraction of sp³-hybridized carbons (Fsp3) is 0.533. The molecule has 0 radical (unpaired) electrons. The van der Waals surface area contributed by atoms with E-state index in [1.165, 1.54) is 0 Å². The van der Waals surface area contributed by atoms with E-state index in [1.54, 1.807) is 7.11 Å². The van der Waals surface area contributed by atoms with Gasteiger partial charge in [-0.05, 0) is 43.0 Å². The van der Waals surface area contributed by atoms with Gasteiger partial charge in [0, 0.05) is 13.1 Å². The van der Waals surface area contributed by atoms with Crippen molar-refractivity contribution >= 4 is 5.91 Å². The minimum Gasteiger partial charge on any atom is -0.497 e. The number of piperidine rings is 1. The highest BCUT2D eigenvalue weighted by atomic mass is 16.5. The first-order valence-electron chi connectivity index (χ1n) is 6.83. The molecular formula is C15H22N2O2. The molecule has 1 fully saturated rings. The molecule has 0 aliphatic carbocycles. The number of methoxy groups -OCH3 is 1. The van der Waals surface area contributed by atoms with Gasteiger partial charge in [-0.25, -0.2) is 0 Å². The minimum atomic E-state index is 0.186. The van der Waals surface area contributed by atoms with E-state index in [-0.39, 0.29) is 5.91 Å². The number of ether oxygens (including phenoxy) is 1. The number of rotatable bonds is 4. The number of nitrogens with zero attached hydrogens (tertiary/aromatic N) is 1.